The van der Waals surface area contributed by atoms with Crippen LogP contribution in [-0.2, 0) is 17.3 Å². The summed E-state index contributed by atoms with van der Waals surface area (Å²) in [5.41, 5.74) is 1.01. The molecule has 0 bridgehead atoms. The fraction of sp³-hybridized carbons (Fsp3) is 0.409. The molecule has 1 heterocycles. The second kappa shape index (κ2) is 10.9. The number of nitrogens with zero attached hydrogens (tertiary/aromatic N) is 4. The summed E-state index contributed by atoms with van der Waals surface area (Å²) in [6, 6.07) is 7.74. The number of anilines is 1. The third kappa shape index (κ3) is 5.97. The lowest BCUT2D eigenvalue weighted by Crippen LogP contribution is -2.26. The highest BCUT2D eigenvalue weighted by molar-refractivity contribution is 7.79. The van der Waals surface area contributed by atoms with Crippen molar-refractivity contribution in [3.05, 3.63) is 42.0 Å². The Morgan fingerprint density at radius 3 is 2.15 bits per heavy atom. The first kappa shape index (κ1) is 24.8. The average molecular weight is 481 g/mol. The van der Waals surface area contributed by atoms with Gasteiger partial charge in [-0.15, -0.1) is 10.2 Å². The molecule has 0 aliphatic heterocycles. The molecule has 0 radical (unpaired) electrons. The summed E-state index contributed by atoms with van der Waals surface area (Å²) < 4.78 is 63.9. The summed E-state index contributed by atoms with van der Waals surface area (Å²) in [6.07, 6.45) is -0.870. The van der Waals surface area contributed by atoms with Crippen molar-refractivity contribution in [2.45, 2.75) is 50.6 Å². The van der Waals surface area contributed by atoms with Crippen molar-refractivity contribution < 1.29 is 21.9 Å². The van der Waals surface area contributed by atoms with E-state index in [9.17, 15) is 21.9 Å². The van der Waals surface area contributed by atoms with Crippen LogP contribution in [0.25, 0.3) is 22.5 Å². The van der Waals surface area contributed by atoms with Gasteiger partial charge in [0.15, 0.2) is 0 Å². The highest BCUT2D eigenvalue weighted by Gasteiger charge is 2.30. The predicted molar refractivity (Wildman–Crippen MR) is 119 cm³/mol. The Bertz CT molecular complexity index is 1060. The minimum absolute atomic E-state index is 0.0370. The Kier molecular flexibility index (Phi) is 8.20. The molecule has 1 atom stereocenters. The molecule has 1 N–H and O–H groups in total. The molecule has 33 heavy (non-hydrogen) atoms. The number of H-pyrrole nitrogens is 1. The number of hydrogen-bond donors (Lipinski definition) is 1. The molecule has 3 rings (SSSR count). The Labute approximate surface area is 192 Å². The van der Waals surface area contributed by atoms with Gasteiger partial charge in [0.05, 0.1) is 5.56 Å². The van der Waals surface area contributed by atoms with Crippen molar-refractivity contribution in [2.75, 3.05) is 18.0 Å². The van der Waals surface area contributed by atoms with Crippen LogP contribution in [0.3, 0.4) is 0 Å². The average Bonchev–Trinajstić information content (AvgIpc) is 3.33. The zero-order valence-corrected chi connectivity index (χ0v) is 19.2. The summed E-state index contributed by atoms with van der Waals surface area (Å²) in [4.78, 5) is 2.05. The standard InChI is InChI=1S/C22H26F3N5O2S/c1-3-5-11-30(12-6-4-2)18-13-16(21-26-28-29-27-21)14-19(33(31)32)20(18)15-7-9-17(10-8-15)22(23,24)25/h7-10,13-14H,3-6,11-12H2,1-2H3,(H,31,32)(H,26,27,28,29)/p-1. The Balaban J connectivity index is 2.25. The minimum atomic E-state index is -4.48. The third-order valence-corrected chi connectivity index (χ3v) is 5.95. The topological polar surface area (TPSA) is 97.8 Å². The molecule has 0 aliphatic carbocycles. The molecule has 0 fully saturated rings. The van der Waals surface area contributed by atoms with Gasteiger partial charge in [0.25, 0.3) is 0 Å². The van der Waals surface area contributed by atoms with Gasteiger partial charge >= 0.3 is 6.18 Å². The lowest BCUT2D eigenvalue weighted by molar-refractivity contribution is -0.137. The zero-order valence-electron chi connectivity index (χ0n) is 18.4. The van der Waals surface area contributed by atoms with Crippen LogP contribution in [-0.4, -0.2) is 42.5 Å². The first-order valence-electron chi connectivity index (χ1n) is 10.7. The number of rotatable bonds is 10. The number of tetrazole rings is 1. The molecule has 0 amide bonds. The van der Waals surface area contributed by atoms with Crippen molar-refractivity contribution in [1.82, 2.24) is 20.6 Å². The predicted octanol–water partition coefficient (Wildman–Crippen LogP) is 5.20. The van der Waals surface area contributed by atoms with E-state index in [-0.39, 0.29) is 10.7 Å². The first-order valence-corrected chi connectivity index (χ1v) is 11.8. The summed E-state index contributed by atoms with van der Waals surface area (Å²) in [6.45, 7) is 5.46. The highest BCUT2D eigenvalue weighted by Crippen LogP contribution is 2.40. The Hall–Kier alpha value is -2.79. The maximum Gasteiger partial charge on any atom is 0.416 e. The van der Waals surface area contributed by atoms with Gasteiger partial charge in [-0.1, -0.05) is 38.8 Å². The minimum Gasteiger partial charge on any atom is -0.768 e. The Morgan fingerprint density at radius 1 is 1.03 bits per heavy atom. The number of aromatic amines is 1. The summed E-state index contributed by atoms with van der Waals surface area (Å²) in [5, 5.41) is 13.8. The molecule has 11 heteroatoms. The van der Waals surface area contributed by atoms with E-state index in [1.54, 1.807) is 6.07 Å². The Morgan fingerprint density at radius 2 is 1.67 bits per heavy atom. The number of unbranched alkanes of at least 4 members (excludes halogenated alkanes) is 2. The number of benzene rings is 2. The van der Waals surface area contributed by atoms with Gasteiger partial charge in [0, 0.05) is 34.8 Å². The molecule has 1 aromatic heterocycles. The van der Waals surface area contributed by atoms with Gasteiger partial charge in [-0.05, 0) is 59.0 Å². The molecule has 0 spiro atoms. The van der Waals surface area contributed by atoms with Crippen LogP contribution in [0, 0.1) is 0 Å². The first-order chi connectivity index (χ1) is 15.8. The lowest BCUT2D eigenvalue weighted by atomic mass is 9.98. The van der Waals surface area contributed by atoms with Crippen LogP contribution in [0.5, 0.6) is 0 Å². The molecule has 0 saturated carbocycles. The van der Waals surface area contributed by atoms with Crippen LogP contribution < -0.4 is 4.90 Å². The van der Waals surface area contributed by atoms with Crippen LogP contribution >= 0.6 is 0 Å². The smallest absolute Gasteiger partial charge is 0.416 e. The monoisotopic (exact) mass is 480 g/mol. The second-order valence-corrected chi connectivity index (χ2v) is 8.52. The van der Waals surface area contributed by atoms with Crippen LogP contribution in [0.1, 0.15) is 45.1 Å². The maximum atomic E-state index is 13.1. The van der Waals surface area contributed by atoms with E-state index >= 15 is 0 Å². The van der Waals surface area contributed by atoms with Gasteiger partial charge in [-0.2, -0.15) is 18.4 Å². The SMILES string of the molecule is CCCCN(CCCC)c1cc(-c2nn[nH]n2)cc(S(=O)[O-])c1-c1ccc(C(F)(F)F)cc1. The fourth-order valence-electron chi connectivity index (χ4n) is 3.56. The van der Waals surface area contributed by atoms with Crippen molar-refractivity contribution in [1.29, 1.82) is 0 Å². The lowest BCUT2D eigenvalue weighted by Gasteiger charge is -2.29. The third-order valence-electron chi connectivity index (χ3n) is 5.27. The maximum absolute atomic E-state index is 13.1. The van der Waals surface area contributed by atoms with Gasteiger partial charge in [0.2, 0.25) is 5.82 Å². The van der Waals surface area contributed by atoms with Gasteiger partial charge < -0.3 is 9.45 Å². The van der Waals surface area contributed by atoms with E-state index in [0.29, 0.717) is 35.5 Å². The van der Waals surface area contributed by atoms with Crippen LogP contribution in [0.15, 0.2) is 41.3 Å². The van der Waals surface area contributed by atoms with Crippen LogP contribution in [0.2, 0.25) is 0 Å². The van der Waals surface area contributed by atoms with E-state index in [1.807, 2.05) is 0 Å². The molecule has 3 aromatic rings. The van der Waals surface area contributed by atoms with Crippen molar-refractivity contribution in [2.24, 2.45) is 0 Å². The van der Waals surface area contributed by atoms with Crippen LogP contribution in [0.4, 0.5) is 18.9 Å². The van der Waals surface area contributed by atoms with Gasteiger partial charge in [-0.25, -0.2) is 0 Å². The van der Waals surface area contributed by atoms with E-state index < -0.39 is 22.8 Å². The summed E-state index contributed by atoms with van der Waals surface area (Å²) >= 11 is -2.66. The van der Waals surface area contributed by atoms with Crippen molar-refractivity contribution in [3.63, 3.8) is 0 Å². The second-order valence-electron chi connectivity index (χ2n) is 7.61. The van der Waals surface area contributed by atoms with Crippen molar-refractivity contribution in [3.8, 4) is 22.5 Å². The normalized spacial score (nSPS) is 12.7. The molecular weight excluding hydrogens is 455 g/mol. The van der Waals surface area contributed by atoms with E-state index in [4.69, 9.17) is 0 Å². The summed E-state index contributed by atoms with van der Waals surface area (Å²) in [7, 11) is 0. The van der Waals surface area contributed by atoms with E-state index in [0.717, 1.165) is 37.8 Å². The number of aromatic nitrogens is 4. The number of alkyl halides is 3. The molecule has 0 saturated heterocycles. The van der Waals surface area contributed by atoms with Gasteiger partial charge in [-0.3, -0.25) is 4.21 Å². The zero-order chi connectivity index (χ0) is 24.0. The fourth-order valence-corrected chi connectivity index (χ4v) is 4.17. The van der Waals surface area contributed by atoms with Gasteiger partial charge in [0.1, 0.15) is 0 Å². The largest absolute Gasteiger partial charge is 0.768 e. The molecule has 178 valence electrons. The molecule has 0 aliphatic rings. The number of hydrogen-bond acceptors (Lipinski definition) is 6. The summed E-state index contributed by atoms with van der Waals surface area (Å²) in [5.74, 6) is 0.229. The number of halogens is 3. The molecule has 2 aromatic carbocycles. The van der Waals surface area contributed by atoms with E-state index in [1.165, 1.54) is 18.2 Å². The quantitative estimate of drug-likeness (QED) is 0.401. The van der Waals surface area contributed by atoms with Crippen molar-refractivity contribution >= 4 is 16.8 Å². The molecular formula is C22H25F3N5O2S-. The number of nitrogens with one attached hydrogen (secondary N) is 1. The molecule has 7 nitrogen and oxygen atoms in total. The van der Waals surface area contributed by atoms with E-state index in [2.05, 4.69) is 39.4 Å². The molecule has 1 unspecified atom stereocenters. The highest BCUT2D eigenvalue weighted by atomic mass is 32.2.